The van der Waals surface area contributed by atoms with Gasteiger partial charge in [0.1, 0.15) is 23.8 Å². The number of hydrogen-bond acceptors (Lipinski definition) is 5. The molecule has 0 bridgehead atoms. The first kappa shape index (κ1) is 25.4. The zero-order valence-corrected chi connectivity index (χ0v) is 19.0. The fraction of sp³-hybridized carbons (Fsp3) is 0.200. The molecule has 0 saturated heterocycles. The molecule has 0 aliphatic carbocycles. The van der Waals surface area contributed by atoms with Crippen LogP contribution >= 0.6 is 0 Å². The number of methoxy groups -OCH3 is 2. The predicted molar refractivity (Wildman–Crippen MR) is 123 cm³/mol. The Balaban J connectivity index is 1.80. The molecule has 2 amide bonds. The molecule has 0 aliphatic rings. The highest BCUT2D eigenvalue weighted by atomic mass is 19.4. The van der Waals surface area contributed by atoms with Crippen molar-refractivity contribution in [2.45, 2.75) is 12.7 Å². The van der Waals surface area contributed by atoms with E-state index in [1.165, 1.54) is 44.8 Å². The summed E-state index contributed by atoms with van der Waals surface area (Å²) in [6.07, 6.45) is -0.506. The van der Waals surface area contributed by atoms with Crippen molar-refractivity contribution in [3.05, 3.63) is 83.8 Å². The summed E-state index contributed by atoms with van der Waals surface area (Å²) in [5, 5.41) is 2.25. The lowest BCUT2D eigenvalue weighted by atomic mass is 10.1. The Morgan fingerprint density at radius 2 is 1.83 bits per heavy atom. The third-order valence-electron chi connectivity index (χ3n) is 4.92. The van der Waals surface area contributed by atoms with Gasteiger partial charge in [-0.05, 0) is 48.5 Å². The van der Waals surface area contributed by atoms with E-state index in [1.54, 1.807) is 30.3 Å². The number of carbonyl (C=O) groups is 2. The molecule has 0 unspecified atom stereocenters. The Labute approximate surface area is 199 Å². The van der Waals surface area contributed by atoms with Crippen LogP contribution in [0.4, 0.5) is 18.9 Å². The Morgan fingerprint density at radius 3 is 2.49 bits per heavy atom. The van der Waals surface area contributed by atoms with Gasteiger partial charge in [0.25, 0.3) is 0 Å². The summed E-state index contributed by atoms with van der Waals surface area (Å²) in [6, 6.07) is 12.9. The highest BCUT2D eigenvalue weighted by Crippen LogP contribution is 2.34. The van der Waals surface area contributed by atoms with Crippen molar-refractivity contribution in [2.75, 3.05) is 26.1 Å². The first-order chi connectivity index (χ1) is 16.7. The Morgan fingerprint density at radius 1 is 1.06 bits per heavy atom. The summed E-state index contributed by atoms with van der Waals surface area (Å²) >= 11 is 0. The normalized spacial score (nSPS) is 11.3. The second-order valence-electron chi connectivity index (χ2n) is 7.31. The maximum atomic E-state index is 13.3. The number of halogens is 3. The molecule has 0 radical (unpaired) electrons. The molecule has 184 valence electrons. The zero-order chi connectivity index (χ0) is 25.4. The van der Waals surface area contributed by atoms with Crippen LogP contribution in [0.2, 0.25) is 0 Å². The molecule has 1 aromatic heterocycles. The molecule has 0 saturated carbocycles. The third-order valence-corrected chi connectivity index (χ3v) is 4.92. The molecule has 3 aromatic rings. The molecule has 0 fully saturated rings. The molecule has 1 heterocycles. The van der Waals surface area contributed by atoms with Crippen molar-refractivity contribution < 1.29 is 36.7 Å². The minimum absolute atomic E-state index is 0.0697. The van der Waals surface area contributed by atoms with Gasteiger partial charge in [-0.25, -0.2) is 0 Å². The van der Waals surface area contributed by atoms with Gasteiger partial charge in [-0.2, -0.15) is 13.2 Å². The van der Waals surface area contributed by atoms with Crippen LogP contribution in [0.1, 0.15) is 16.9 Å². The number of carbonyl (C=O) groups excluding carboxylic acids is 2. The number of nitrogens with one attached hydrogen (secondary N) is 1. The third kappa shape index (κ3) is 6.89. The topological polar surface area (TPSA) is 81.0 Å². The Hall–Kier alpha value is -4.21. The zero-order valence-electron chi connectivity index (χ0n) is 19.0. The van der Waals surface area contributed by atoms with Gasteiger partial charge in [0.15, 0.2) is 0 Å². The number of benzene rings is 2. The van der Waals surface area contributed by atoms with Crippen LogP contribution in [-0.4, -0.2) is 37.5 Å². The van der Waals surface area contributed by atoms with Gasteiger partial charge in [-0.3, -0.25) is 9.59 Å². The van der Waals surface area contributed by atoms with Crippen LogP contribution in [0, 0.1) is 0 Å². The highest BCUT2D eigenvalue weighted by Gasteiger charge is 2.33. The second-order valence-corrected chi connectivity index (χ2v) is 7.31. The Bertz CT molecular complexity index is 1190. The summed E-state index contributed by atoms with van der Waals surface area (Å²) in [6.45, 7) is -0.578. The number of rotatable bonds is 9. The lowest BCUT2D eigenvalue weighted by molar-refractivity contribution is -0.137. The van der Waals surface area contributed by atoms with Gasteiger partial charge >= 0.3 is 6.18 Å². The van der Waals surface area contributed by atoms with E-state index in [0.717, 1.165) is 17.0 Å². The van der Waals surface area contributed by atoms with Crippen molar-refractivity contribution in [2.24, 2.45) is 0 Å². The number of anilines is 1. The fourth-order valence-corrected chi connectivity index (χ4v) is 3.24. The number of para-hydroxylation sites is 1. The molecule has 7 nitrogen and oxygen atoms in total. The molecule has 35 heavy (non-hydrogen) atoms. The first-order valence-corrected chi connectivity index (χ1v) is 10.4. The average molecular weight is 488 g/mol. The number of alkyl halides is 3. The van der Waals surface area contributed by atoms with E-state index in [0.29, 0.717) is 22.8 Å². The van der Waals surface area contributed by atoms with Gasteiger partial charge in [-0.15, -0.1) is 0 Å². The van der Waals surface area contributed by atoms with E-state index in [4.69, 9.17) is 13.9 Å². The van der Waals surface area contributed by atoms with Crippen molar-refractivity contribution in [3.63, 3.8) is 0 Å². The van der Waals surface area contributed by atoms with Crippen LogP contribution in [0.3, 0.4) is 0 Å². The average Bonchev–Trinajstić information content (AvgIpc) is 3.34. The van der Waals surface area contributed by atoms with E-state index in [9.17, 15) is 22.8 Å². The van der Waals surface area contributed by atoms with Crippen molar-refractivity contribution in [3.8, 4) is 11.5 Å². The van der Waals surface area contributed by atoms with Crippen LogP contribution in [0.5, 0.6) is 11.5 Å². The highest BCUT2D eigenvalue weighted by molar-refractivity contribution is 5.98. The van der Waals surface area contributed by atoms with Gasteiger partial charge in [0.2, 0.25) is 11.8 Å². The maximum absolute atomic E-state index is 13.3. The summed E-state index contributed by atoms with van der Waals surface area (Å²) in [4.78, 5) is 26.8. The van der Waals surface area contributed by atoms with E-state index in [2.05, 4.69) is 5.32 Å². The van der Waals surface area contributed by atoms with Crippen molar-refractivity contribution >= 4 is 23.6 Å². The summed E-state index contributed by atoms with van der Waals surface area (Å²) in [5.74, 6) is 0.0793. The second kappa shape index (κ2) is 11.3. The van der Waals surface area contributed by atoms with Crippen molar-refractivity contribution in [1.82, 2.24) is 4.90 Å². The standard InChI is InChI=1S/C25H23F3N2O5/c1-33-18-10-11-22(34-2)17(14-18)9-12-24(32)30(15-19-6-5-13-35-19)16-23(31)29-21-8-4-3-7-20(21)25(26,27)28/h3-14H,15-16H2,1-2H3,(H,29,31). The summed E-state index contributed by atoms with van der Waals surface area (Å²) < 4.78 is 55.5. The van der Waals surface area contributed by atoms with E-state index >= 15 is 0 Å². The molecule has 10 heteroatoms. The molecule has 0 aliphatic heterocycles. The minimum Gasteiger partial charge on any atom is -0.497 e. The quantitative estimate of drug-likeness (QED) is 0.429. The first-order valence-electron chi connectivity index (χ1n) is 10.4. The number of amides is 2. The van der Waals surface area contributed by atoms with E-state index < -0.39 is 35.8 Å². The molecule has 1 N–H and O–H groups in total. The summed E-state index contributed by atoms with van der Waals surface area (Å²) in [7, 11) is 2.98. The van der Waals surface area contributed by atoms with Crippen molar-refractivity contribution in [1.29, 1.82) is 0 Å². The number of hydrogen-bond donors (Lipinski definition) is 1. The van der Waals surface area contributed by atoms with Crippen LogP contribution in [0.25, 0.3) is 6.08 Å². The van der Waals surface area contributed by atoms with Gasteiger partial charge in [0, 0.05) is 11.6 Å². The fourth-order valence-electron chi connectivity index (χ4n) is 3.24. The maximum Gasteiger partial charge on any atom is 0.418 e. The molecular weight excluding hydrogens is 465 g/mol. The molecule has 3 rings (SSSR count). The minimum atomic E-state index is -4.65. The molecule has 0 atom stereocenters. The number of nitrogens with zero attached hydrogens (tertiary/aromatic N) is 1. The summed E-state index contributed by atoms with van der Waals surface area (Å²) in [5.41, 5.74) is -0.823. The largest absolute Gasteiger partial charge is 0.497 e. The van der Waals surface area contributed by atoms with Crippen LogP contribution in [-0.2, 0) is 22.3 Å². The van der Waals surface area contributed by atoms with Gasteiger partial charge in [-0.1, -0.05) is 12.1 Å². The smallest absolute Gasteiger partial charge is 0.418 e. The molecule has 0 spiro atoms. The van der Waals surface area contributed by atoms with Crippen LogP contribution < -0.4 is 14.8 Å². The molecular formula is C25H23F3N2O5. The number of furan rings is 1. The van der Waals surface area contributed by atoms with Crippen LogP contribution in [0.15, 0.2) is 71.4 Å². The lowest BCUT2D eigenvalue weighted by Crippen LogP contribution is -2.36. The Kier molecular flexibility index (Phi) is 8.19. The van der Waals surface area contributed by atoms with E-state index in [1.807, 2.05) is 0 Å². The van der Waals surface area contributed by atoms with E-state index in [-0.39, 0.29) is 6.54 Å². The van der Waals surface area contributed by atoms with Gasteiger partial charge < -0.3 is 24.1 Å². The number of ether oxygens (including phenoxy) is 2. The SMILES string of the molecule is COc1ccc(OC)c(C=CC(=O)N(CC(=O)Nc2ccccc2C(F)(F)F)Cc2ccco2)c1. The monoisotopic (exact) mass is 488 g/mol. The predicted octanol–water partition coefficient (Wildman–Crippen LogP) is 5.00. The van der Waals surface area contributed by atoms with Gasteiger partial charge in [0.05, 0.1) is 38.3 Å². The lowest BCUT2D eigenvalue weighted by Gasteiger charge is -2.20. The molecule has 2 aromatic carbocycles.